The molecule has 1 aromatic carbocycles. The van der Waals surface area contributed by atoms with E-state index in [2.05, 4.69) is 0 Å². The van der Waals surface area contributed by atoms with Gasteiger partial charge in [0.2, 0.25) is 5.78 Å². The largest absolute Gasteiger partial charge is 0.481 e. The van der Waals surface area contributed by atoms with Crippen molar-refractivity contribution in [2.24, 2.45) is 5.73 Å². The van der Waals surface area contributed by atoms with E-state index in [1.807, 2.05) is 18.2 Å². The van der Waals surface area contributed by atoms with Gasteiger partial charge in [0.15, 0.2) is 0 Å². The van der Waals surface area contributed by atoms with Gasteiger partial charge in [-0.25, -0.2) is 0 Å². The first-order valence-electron chi connectivity index (χ1n) is 4.49. The molecule has 5 heteroatoms. The van der Waals surface area contributed by atoms with Crippen LogP contribution in [0.15, 0.2) is 30.3 Å². The SMILES string of the molecule is CC(=O)O.NC(=O)C(=O)Cc1ccccc1. The topological polar surface area (TPSA) is 97.5 Å². The molecule has 86 valence electrons. The molecule has 0 spiro atoms. The van der Waals surface area contributed by atoms with E-state index in [1.54, 1.807) is 12.1 Å². The maximum atomic E-state index is 10.8. The summed E-state index contributed by atoms with van der Waals surface area (Å²) in [5, 5.41) is 7.42. The lowest BCUT2D eigenvalue weighted by molar-refractivity contribution is -0.135. The molecule has 1 amide bonds. The summed E-state index contributed by atoms with van der Waals surface area (Å²) in [7, 11) is 0. The van der Waals surface area contributed by atoms with Gasteiger partial charge in [-0.2, -0.15) is 0 Å². The van der Waals surface area contributed by atoms with Gasteiger partial charge in [-0.05, 0) is 5.56 Å². The van der Waals surface area contributed by atoms with Crippen LogP contribution in [0.1, 0.15) is 12.5 Å². The highest BCUT2D eigenvalue weighted by Gasteiger charge is 2.08. The molecular weight excluding hydrogens is 210 g/mol. The van der Waals surface area contributed by atoms with Gasteiger partial charge in [0.25, 0.3) is 11.9 Å². The maximum absolute atomic E-state index is 10.8. The van der Waals surface area contributed by atoms with E-state index in [0.29, 0.717) is 0 Å². The molecule has 5 nitrogen and oxygen atoms in total. The first kappa shape index (κ1) is 13.8. The van der Waals surface area contributed by atoms with E-state index in [4.69, 9.17) is 15.6 Å². The predicted octanol–water partition coefficient (Wildman–Crippen LogP) is 0.374. The molecule has 0 unspecified atom stereocenters. The van der Waals surface area contributed by atoms with Crippen LogP contribution in [0.25, 0.3) is 0 Å². The van der Waals surface area contributed by atoms with E-state index < -0.39 is 17.7 Å². The Morgan fingerprint density at radius 2 is 1.62 bits per heavy atom. The number of carbonyl (C=O) groups is 3. The molecule has 0 aliphatic heterocycles. The molecule has 0 aliphatic rings. The molecule has 0 radical (unpaired) electrons. The predicted molar refractivity (Wildman–Crippen MR) is 57.7 cm³/mol. The zero-order valence-electron chi connectivity index (χ0n) is 8.84. The van der Waals surface area contributed by atoms with E-state index in [-0.39, 0.29) is 6.42 Å². The number of carbonyl (C=O) groups excluding carboxylic acids is 2. The van der Waals surface area contributed by atoms with Crippen molar-refractivity contribution in [1.29, 1.82) is 0 Å². The number of amides is 1. The fourth-order valence-electron chi connectivity index (χ4n) is 0.868. The highest BCUT2D eigenvalue weighted by atomic mass is 16.4. The Morgan fingerprint density at radius 3 is 2.00 bits per heavy atom. The van der Waals surface area contributed by atoms with Crippen LogP contribution < -0.4 is 5.73 Å². The van der Waals surface area contributed by atoms with Crippen molar-refractivity contribution in [3.05, 3.63) is 35.9 Å². The Labute approximate surface area is 92.9 Å². The number of rotatable bonds is 3. The van der Waals surface area contributed by atoms with Crippen LogP contribution in [-0.4, -0.2) is 22.8 Å². The van der Waals surface area contributed by atoms with Crippen molar-refractivity contribution in [3.8, 4) is 0 Å². The normalized spacial score (nSPS) is 8.56. The maximum Gasteiger partial charge on any atom is 0.300 e. The summed E-state index contributed by atoms with van der Waals surface area (Å²) in [6, 6.07) is 9.02. The Morgan fingerprint density at radius 1 is 1.19 bits per heavy atom. The van der Waals surface area contributed by atoms with Crippen LogP contribution in [0, 0.1) is 0 Å². The quantitative estimate of drug-likeness (QED) is 0.723. The van der Waals surface area contributed by atoms with Crippen molar-refractivity contribution >= 4 is 17.7 Å². The third kappa shape index (κ3) is 7.25. The second-order valence-corrected chi connectivity index (χ2v) is 2.97. The Bertz CT molecular complexity index is 369. The highest BCUT2D eigenvalue weighted by molar-refractivity contribution is 6.35. The monoisotopic (exact) mass is 223 g/mol. The third-order valence-corrected chi connectivity index (χ3v) is 1.48. The zero-order chi connectivity index (χ0) is 12.6. The lowest BCUT2D eigenvalue weighted by Crippen LogP contribution is -2.24. The molecule has 0 bridgehead atoms. The summed E-state index contributed by atoms with van der Waals surface area (Å²) in [5.74, 6) is -2.26. The van der Waals surface area contributed by atoms with Crippen LogP contribution in [-0.2, 0) is 20.8 Å². The highest BCUT2D eigenvalue weighted by Crippen LogP contribution is 1.99. The molecule has 0 aliphatic carbocycles. The first-order valence-corrected chi connectivity index (χ1v) is 4.49. The second-order valence-electron chi connectivity index (χ2n) is 2.97. The lowest BCUT2D eigenvalue weighted by Gasteiger charge is -1.95. The van der Waals surface area contributed by atoms with E-state index >= 15 is 0 Å². The number of benzene rings is 1. The minimum absolute atomic E-state index is 0.0934. The number of carboxylic acids is 1. The summed E-state index contributed by atoms with van der Waals surface area (Å²) in [6.45, 7) is 1.08. The van der Waals surface area contributed by atoms with Crippen LogP contribution in [0.2, 0.25) is 0 Å². The molecule has 1 aromatic rings. The standard InChI is InChI=1S/C9H9NO2.C2H4O2/c10-9(12)8(11)6-7-4-2-1-3-5-7;1-2(3)4/h1-5H,6H2,(H2,10,12);1H3,(H,3,4). The van der Waals surface area contributed by atoms with Crippen molar-refractivity contribution in [2.75, 3.05) is 0 Å². The van der Waals surface area contributed by atoms with Crippen molar-refractivity contribution < 1.29 is 19.5 Å². The van der Waals surface area contributed by atoms with Gasteiger partial charge in [-0.3, -0.25) is 14.4 Å². The molecule has 1 rings (SSSR count). The van der Waals surface area contributed by atoms with Crippen molar-refractivity contribution in [2.45, 2.75) is 13.3 Å². The number of aliphatic carboxylic acids is 1. The number of nitrogens with two attached hydrogens (primary N) is 1. The van der Waals surface area contributed by atoms with E-state index in [0.717, 1.165) is 12.5 Å². The first-order chi connectivity index (χ1) is 7.43. The molecule has 0 saturated carbocycles. The molecule has 0 saturated heterocycles. The second kappa shape index (κ2) is 7.17. The number of carboxylic acid groups (broad SMARTS) is 1. The molecule has 0 fully saturated rings. The van der Waals surface area contributed by atoms with Gasteiger partial charge in [-0.15, -0.1) is 0 Å². The van der Waals surface area contributed by atoms with Gasteiger partial charge in [0.1, 0.15) is 0 Å². The Hall–Kier alpha value is -2.17. The van der Waals surface area contributed by atoms with Gasteiger partial charge in [0, 0.05) is 13.3 Å². The molecule has 16 heavy (non-hydrogen) atoms. The van der Waals surface area contributed by atoms with Gasteiger partial charge in [0.05, 0.1) is 0 Å². The van der Waals surface area contributed by atoms with Crippen molar-refractivity contribution in [1.82, 2.24) is 0 Å². The number of ketones is 1. The summed E-state index contributed by atoms with van der Waals surface area (Å²) < 4.78 is 0. The van der Waals surface area contributed by atoms with Gasteiger partial charge < -0.3 is 10.8 Å². The van der Waals surface area contributed by atoms with Crippen LogP contribution in [0.3, 0.4) is 0 Å². The van der Waals surface area contributed by atoms with Gasteiger partial charge in [-0.1, -0.05) is 30.3 Å². The summed E-state index contributed by atoms with van der Waals surface area (Å²) in [4.78, 5) is 30.2. The number of hydrogen-bond donors (Lipinski definition) is 2. The van der Waals surface area contributed by atoms with Crippen LogP contribution in [0.4, 0.5) is 0 Å². The smallest absolute Gasteiger partial charge is 0.300 e. The summed E-state index contributed by atoms with van der Waals surface area (Å²) in [5.41, 5.74) is 5.60. The number of hydrogen-bond acceptors (Lipinski definition) is 3. The Kier molecular flexibility index (Phi) is 6.19. The average Bonchev–Trinajstić information content (AvgIpc) is 2.18. The molecule has 0 heterocycles. The van der Waals surface area contributed by atoms with Crippen LogP contribution >= 0.6 is 0 Å². The molecule has 0 aromatic heterocycles. The summed E-state index contributed by atoms with van der Waals surface area (Å²) >= 11 is 0. The minimum Gasteiger partial charge on any atom is -0.481 e. The van der Waals surface area contributed by atoms with Crippen LogP contribution in [0.5, 0.6) is 0 Å². The number of Topliss-reactive ketones (excluding diaryl/α,β-unsaturated/α-hetero) is 1. The molecule has 0 atom stereocenters. The number of primary amides is 1. The third-order valence-electron chi connectivity index (χ3n) is 1.48. The molecular formula is C11H13NO4. The zero-order valence-corrected chi connectivity index (χ0v) is 8.84. The Balaban J connectivity index is 0.000000487. The summed E-state index contributed by atoms with van der Waals surface area (Å²) in [6.07, 6.45) is 0.0934. The minimum atomic E-state index is -0.876. The van der Waals surface area contributed by atoms with Gasteiger partial charge >= 0.3 is 0 Å². The molecule has 3 N–H and O–H groups in total. The fraction of sp³-hybridized carbons (Fsp3) is 0.182. The van der Waals surface area contributed by atoms with E-state index in [1.165, 1.54) is 0 Å². The van der Waals surface area contributed by atoms with E-state index in [9.17, 15) is 9.59 Å². The average molecular weight is 223 g/mol. The fourth-order valence-corrected chi connectivity index (χ4v) is 0.868. The lowest BCUT2D eigenvalue weighted by atomic mass is 10.1. The van der Waals surface area contributed by atoms with Crippen molar-refractivity contribution in [3.63, 3.8) is 0 Å².